The van der Waals surface area contributed by atoms with Crippen LogP contribution in [-0.4, -0.2) is 12.6 Å². The summed E-state index contributed by atoms with van der Waals surface area (Å²) in [6.45, 7) is 9.30. The van der Waals surface area contributed by atoms with Crippen molar-refractivity contribution in [2.75, 3.05) is 6.61 Å². The van der Waals surface area contributed by atoms with Crippen molar-refractivity contribution in [2.45, 2.75) is 65.6 Å². The van der Waals surface area contributed by atoms with Crippen LogP contribution in [-0.2, 0) is 17.9 Å². The highest BCUT2D eigenvalue weighted by Crippen LogP contribution is 2.35. The molecule has 0 aromatic heterocycles. The molecule has 0 bridgehead atoms. The average molecular weight is 275 g/mol. The van der Waals surface area contributed by atoms with Gasteiger partial charge in [0.05, 0.1) is 6.61 Å². The van der Waals surface area contributed by atoms with E-state index >= 15 is 0 Å². The summed E-state index contributed by atoms with van der Waals surface area (Å²) in [6, 6.07) is 9.30. The Kier molecular flexibility index (Phi) is 5.62. The summed E-state index contributed by atoms with van der Waals surface area (Å²) in [5.74, 6) is 0. The fraction of sp³-hybridized carbons (Fsp3) is 0.667. The molecule has 20 heavy (non-hydrogen) atoms. The molecule has 0 radical (unpaired) electrons. The highest BCUT2D eigenvalue weighted by atomic mass is 16.5. The van der Waals surface area contributed by atoms with E-state index < -0.39 is 0 Å². The van der Waals surface area contributed by atoms with Crippen molar-refractivity contribution < 1.29 is 4.74 Å². The lowest BCUT2D eigenvalue weighted by atomic mass is 9.75. The van der Waals surface area contributed by atoms with Gasteiger partial charge in [0.1, 0.15) is 0 Å². The molecule has 1 N–H and O–H groups in total. The smallest absolute Gasteiger partial charge is 0.0719 e. The second kappa shape index (κ2) is 7.24. The normalized spacial score (nSPS) is 19.1. The first-order valence-electron chi connectivity index (χ1n) is 7.98. The molecule has 2 heteroatoms. The Morgan fingerprint density at radius 1 is 1.15 bits per heavy atom. The first kappa shape index (κ1) is 15.5. The van der Waals surface area contributed by atoms with Gasteiger partial charge in [0, 0.05) is 19.2 Å². The van der Waals surface area contributed by atoms with Gasteiger partial charge in [0.25, 0.3) is 0 Å². The van der Waals surface area contributed by atoms with Crippen molar-refractivity contribution in [3.05, 3.63) is 35.4 Å². The molecule has 0 heterocycles. The van der Waals surface area contributed by atoms with Crippen LogP contribution in [0.5, 0.6) is 0 Å². The van der Waals surface area contributed by atoms with E-state index in [0.717, 1.165) is 19.8 Å². The third kappa shape index (κ3) is 4.60. The maximum atomic E-state index is 5.55. The lowest BCUT2D eigenvalue weighted by Gasteiger charge is -2.34. The van der Waals surface area contributed by atoms with Gasteiger partial charge >= 0.3 is 0 Å². The SMILES string of the molecule is CCOCc1ccccc1CNC1CCC(C)(C)CC1. The number of benzene rings is 1. The second-order valence-corrected chi connectivity index (χ2v) is 6.73. The van der Waals surface area contributed by atoms with Gasteiger partial charge in [-0.1, -0.05) is 38.1 Å². The third-order valence-electron chi connectivity index (χ3n) is 4.50. The van der Waals surface area contributed by atoms with E-state index in [1.165, 1.54) is 36.8 Å². The van der Waals surface area contributed by atoms with E-state index in [2.05, 4.69) is 43.4 Å². The largest absolute Gasteiger partial charge is 0.377 e. The van der Waals surface area contributed by atoms with Gasteiger partial charge in [0.15, 0.2) is 0 Å². The number of ether oxygens (including phenoxy) is 1. The van der Waals surface area contributed by atoms with Crippen molar-refractivity contribution in [2.24, 2.45) is 5.41 Å². The summed E-state index contributed by atoms with van der Waals surface area (Å²) >= 11 is 0. The number of rotatable bonds is 6. The van der Waals surface area contributed by atoms with Crippen molar-refractivity contribution in [1.82, 2.24) is 5.32 Å². The van der Waals surface area contributed by atoms with Crippen molar-refractivity contribution >= 4 is 0 Å². The first-order valence-corrected chi connectivity index (χ1v) is 7.98. The Morgan fingerprint density at radius 2 is 1.80 bits per heavy atom. The molecule has 1 aromatic carbocycles. The molecular weight excluding hydrogens is 246 g/mol. The van der Waals surface area contributed by atoms with E-state index in [1.54, 1.807) is 0 Å². The van der Waals surface area contributed by atoms with Gasteiger partial charge in [-0.05, 0) is 49.1 Å². The minimum absolute atomic E-state index is 0.547. The Balaban J connectivity index is 1.85. The Hall–Kier alpha value is -0.860. The molecular formula is C18H29NO. The van der Waals surface area contributed by atoms with Crippen LogP contribution in [0, 0.1) is 5.41 Å². The van der Waals surface area contributed by atoms with Crippen LogP contribution in [0.15, 0.2) is 24.3 Å². The zero-order valence-corrected chi connectivity index (χ0v) is 13.2. The molecule has 0 aliphatic heterocycles. The summed E-state index contributed by atoms with van der Waals surface area (Å²) < 4.78 is 5.55. The first-order chi connectivity index (χ1) is 9.61. The van der Waals surface area contributed by atoms with E-state index in [1.807, 2.05) is 6.92 Å². The predicted octanol–water partition coefficient (Wildman–Crippen LogP) is 4.28. The van der Waals surface area contributed by atoms with Crippen LogP contribution >= 0.6 is 0 Å². The molecule has 0 unspecified atom stereocenters. The summed E-state index contributed by atoms with van der Waals surface area (Å²) in [4.78, 5) is 0. The van der Waals surface area contributed by atoms with Crippen LogP contribution in [0.3, 0.4) is 0 Å². The van der Waals surface area contributed by atoms with E-state index in [4.69, 9.17) is 4.74 Å². The van der Waals surface area contributed by atoms with Crippen LogP contribution in [0.1, 0.15) is 57.6 Å². The summed E-state index contributed by atoms with van der Waals surface area (Å²) in [5, 5.41) is 3.74. The number of hydrogen-bond donors (Lipinski definition) is 1. The predicted molar refractivity (Wildman–Crippen MR) is 84.6 cm³/mol. The maximum absolute atomic E-state index is 5.55. The summed E-state index contributed by atoms with van der Waals surface area (Å²) in [7, 11) is 0. The fourth-order valence-electron chi connectivity index (χ4n) is 2.94. The molecule has 0 amide bonds. The highest BCUT2D eigenvalue weighted by molar-refractivity contribution is 5.26. The summed E-state index contributed by atoms with van der Waals surface area (Å²) in [5.41, 5.74) is 3.24. The van der Waals surface area contributed by atoms with E-state index in [9.17, 15) is 0 Å². The minimum Gasteiger partial charge on any atom is -0.377 e. The number of nitrogens with one attached hydrogen (secondary N) is 1. The fourth-order valence-corrected chi connectivity index (χ4v) is 2.94. The second-order valence-electron chi connectivity index (χ2n) is 6.73. The van der Waals surface area contributed by atoms with Gasteiger partial charge in [-0.3, -0.25) is 0 Å². The number of hydrogen-bond acceptors (Lipinski definition) is 2. The molecule has 0 saturated heterocycles. The van der Waals surface area contributed by atoms with Gasteiger partial charge in [-0.2, -0.15) is 0 Å². The highest BCUT2D eigenvalue weighted by Gasteiger charge is 2.26. The molecule has 2 nitrogen and oxygen atoms in total. The van der Waals surface area contributed by atoms with Gasteiger partial charge in [-0.15, -0.1) is 0 Å². The molecule has 1 aromatic rings. The lowest BCUT2D eigenvalue weighted by molar-refractivity contribution is 0.133. The summed E-state index contributed by atoms with van der Waals surface area (Å²) in [6.07, 6.45) is 5.29. The van der Waals surface area contributed by atoms with Crippen molar-refractivity contribution in [3.63, 3.8) is 0 Å². The molecule has 0 spiro atoms. The standard InChI is InChI=1S/C18H29NO/c1-4-20-14-16-8-6-5-7-15(16)13-19-17-9-11-18(2,3)12-10-17/h5-8,17,19H,4,9-14H2,1-3H3. The van der Waals surface area contributed by atoms with E-state index in [0.29, 0.717) is 11.5 Å². The zero-order chi connectivity index (χ0) is 14.4. The van der Waals surface area contributed by atoms with Gasteiger partial charge in [0.2, 0.25) is 0 Å². The Bertz CT molecular complexity index is 404. The van der Waals surface area contributed by atoms with Gasteiger partial charge in [-0.25, -0.2) is 0 Å². The van der Waals surface area contributed by atoms with E-state index in [-0.39, 0.29) is 0 Å². The Morgan fingerprint density at radius 3 is 2.45 bits per heavy atom. The minimum atomic E-state index is 0.547. The monoisotopic (exact) mass is 275 g/mol. The quantitative estimate of drug-likeness (QED) is 0.836. The molecule has 1 fully saturated rings. The molecule has 1 saturated carbocycles. The van der Waals surface area contributed by atoms with Crippen LogP contribution in [0.25, 0.3) is 0 Å². The van der Waals surface area contributed by atoms with Crippen LogP contribution in [0.4, 0.5) is 0 Å². The maximum Gasteiger partial charge on any atom is 0.0719 e. The zero-order valence-electron chi connectivity index (χ0n) is 13.2. The Labute approximate surface area is 123 Å². The molecule has 0 atom stereocenters. The molecule has 1 aliphatic rings. The third-order valence-corrected chi connectivity index (χ3v) is 4.50. The van der Waals surface area contributed by atoms with Crippen molar-refractivity contribution in [3.8, 4) is 0 Å². The lowest BCUT2D eigenvalue weighted by Crippen LogP contribution is -2.35. The average Bonchev–Trinajstić information content (AvgIpc) is 2.45. The van der Waals surface area contributed by atoms with Crippen LogP contribution in [0.2, 0.25) is 0 Å². The molecule has 1 aliphatic carbocycles. The van der Waals surface area contributed by atoms with Gasteiger partial charge < -0.3 is 10.1 Å². The molecule has 2 rings (SSSR count). The molecule has 112 valence electrons. The van der Waals surface area contributed by atoms with Crippen molar-refractivity contribution in [1.29, 1.82) is 0 Å². The topological polar surface area (TPSA) is 21.3 Å². The van der Waals surface area contributed by atoms with Crippen LogP contribution < -0.4 is 5.32 Å².